The average Bonchev–Trinajstić information content (AvgIpc) is 2.56. The summed E-state index contributed by atoms with van der Waals surface area (Å²) < 4.78 is 31.8. The highest BCUT2D eigenvalue weighted by atomic mass is 32.2. The van der Waals surface area contributed by atoms with E-state index in [1.165, 1.54) is 4.31 Å². The molecule has 2 aromatic rings. The Kier molecular flexibility index (Phi) is 5.38. The van der Waals surface area contributed by atoms with Gasteiger partial charge in [0.15, 0.2) is 0 Å². The number of hydrogen-bond donors (Lipinski definition) is 0. The minimum atomic E-state index is -3.44. The van der Waals surface area contributed by atoms with Gasteiger partial charge in [-0.1, -0.05) is 26.0 Å². The summed E-state index contributed by atoms with van der Waals surface area (Å²) in [6.07, 6.45) is 0. The van der Waals surface area contributed by atoms with Crippen molar-refractivity contribution in [1.82, 2.24) is 9.29 Å². The van der Waals surface area contributed by atoms with Gasteiger partial charge in [0.1, 0.15) is 11.4 Å². The van der Waals surface area contributed by atoms with Crippen molar-refractivity contribution in [2.24, 2.45) is 0 Å². The molecule has 0 aliphatic heterocycles. The van der Waals surface area contributed by atoms with Gasteiger partial charge in [-0.2, -0.15) is 4.31 Å². The van der Waals surface area contributed by atoms with Gasteiger partial charge in [0.2, 0.25) is 10.0 Å². The second-order valence-electron chi connectivity index (χ2n) is 5.12. The average molecular weight is 334 g/mol. The fraction of sp³-hybridized carbons (Fsp3) is 0.353. The van der Waals surface area contributed by atoms with Crippen LogP contribution in [0.2, 0.25) is 0 Å². The molecule has 0 radical (unpaired) electrons. The monoisotopic (exact) mass is 334 g/mol. The Hall–Kier alpha value is -1.92. The van der Waals surface area contributed by atoms with Crippen LogP contribution in [0.1, 0.15) is 19.5 Å². The molecule has 1 aromatic heterocycles. The fourth-order valence-electron chi connectivity index (χ4n) is 2.41. The van der Waals surface area contributed by atoms with Gasteiger partial charge < -0.3 is 4.74 Å². The van der Waals surface area contributed by atoms with E-state index in [0.29, 0.717) is 24.5 Å². The lowest BCUT2D eigenvalue weighted by molar-refractivity contribution is 0.414. The summed E-state index contributed by atoms with van der Waals surface area (Å²) in [7, 11) is -1.85. The molecule has 0 atom stereocenters. The van der Waals surface area contributed by atoms with E-state index < -0.39 is 10.0 Å². The van der Waals surface area contributed by atoms with Crippen molar-refractivity contribution in [3.05, 3.63) is 42.1 Å². The highest BCUT2D eigenvalue weighted by Gasteiger charge is 2.21. The zero-order valence-electron chi connectivity index (χ0n) is 13.9. The van der Waals surface area contributed by atoms with E-state index in [4.69, 9.17) is 4.74 Å². The van der Waals surface area contributed by atoms with Crippen LogP contribution in [0.15, 0.2) is 41.3 Å². The molecule has 1 heterocycles. The number of methoxy groups -OCH3 is 1. The number of nitrogens with zero attached hydrogens (tertiary/aromatic N) is 2. The molecule has 0 N–H and O–H groups in total. The molecule has 0 spiro atoms. The molecule has 23 heavy (non-hydrogen) atoms. The lowest BCUT2D eigenvalue weighted by Crippen LogP contribution is -2.30. The van der Waals surface area contributed by atoms with Crippen molar-refractivity contribution < 1.29 is 13.2 Å². The summed E-state index contributed by atoms with van der Waals surface area (Å²) in [5.41, 5.74) is 2.41. The maximum absolute atomic E-state index is 12.5. The van der Waals surface area contributed by atoms with Gasteiger partial charge in [-0.15, -0.1) is 0 Å². The summed E-state index contributed by atoms with van der Waals surface area (Å²) in [5.74, 6) is 0.662. The number of ether oxygens (including phenoxy) is 1. The minimum absolute atomic E-state index is 0.288. The summed E-state index contributed by atoms with van der Waals surface area (Å²) in [6, 6.07) is 10.5. The van der Waals surface area contributed by atoms with Gasteiger partial charge in [-0.25, -0.2) is 13.4 Å². The molecule has 0 aliphatic carbocycles. The normalized spacial score (nSPS) is 11.7. The summed E-state index contributed by atoms with van der Waals surface area (Å²) in [4.78, 5) is 4.78. The van der Waals surface area contributed by atoms with E-state index in [2.05, 4.69) is 4.98 Å². The van der Waals surface area contributed by atoms with E-state index in [1.54, 1.807) is 31.4 Å². The number of aromatic nitrogens is 1. The predicted octanol–water partition coefficient (Wildman–Crippen LogP) is 3.10. The van der Waals surface area contributed by atoms with Crippen LogP contribution in [0.4, 0.5) is 0 Å². The van der Waals surface area contributed by atoms with Crippen molar-refractivity contribution >= 4 is 10.0 Å². The first kappa shape index (κ1) is 17.4. The van der Waals surface area contributed by atoms with Crippen molar-refractivity contribution in [3.63, 3.8) is 0 Å². The quantitative estimate of drug-likeness (QED) is 0.814. The summed E-state index contributed by atoms with van der Waals surface area (Å²) in [5, 5.41) is 0. The smallest absolute Gasteiger partial charge is 0.243 e. The van der Waals surface area contributed by atoms with Crippen LogP contribution in [-0.2, 0) is 10.0 Å². The van der Waals surface area contributed by atoms with Gasteiger partial charge in [-0.3, -0.25) is 0 Å². The topological polar surface area (TPSA) is 59.5 Å². The van der Waals surface area contributed by atoms with Crippen LogP contribution in [0.5, 0.6) is 5.75 Å². The maximum atomic E-state index is 12.5. The number of aryl methyl sites for hydroxylation is 1. The zero-order valence-corrected chi connectivity index (χ0v) is 14.7. The van der Waals surface area contributed by atoms with Crippen molar-refractivity contribution in [2.45, 2.75) is 25.7 Å². The van der Waals surface area contributed by atoms with Gasteiger partial charge in [0.25, 0.3) is 0 Å². The largest absolute Gasteiger partial charge is 0.494 e. The SMILES string of the molecule is CCN(CC)S(=O)(=O)c1ccc(-c2nc(C)ccc2OC)cc1. The van der Waals surface area contributed by atoms with Crippen LogP contribution in [0.25, 0.3) is 11.3 Å². The summed E-state index contributed by atoms with van der Waals surface area (Å²) >= 11 is 0. The number of hydrogen-bond acceptors (Lipinski definition) is 4. The molecule has 124 valence electrons. The van der Waals surface area contributed by atoms with Gasteiger partial charge in [0.05, 0.1) is 12.0 Å². The van der Waals surface area contributed by atoms with Crippen LogP contribution in [-0.4, -0.2) is 37.9 Å². The first-order valence-electron chi connectivity index (χ1n) is 7.56. The first-order chi connectivity index (χ1) is 10.9. The van der Waals surface area contributed by atoms with Crippen LogP contribution < -0.4 is 4.74 Å². The fourth-order valence-corrected chi connectivity index (χ4v) is 3.87. The molecule has 6 heteroatoms. The third kappa shape index (κ3) is 3.54. The molecule has 2 rings (SSSR count). The predicted molar refractivity (Wildman–Crippen MR) is 91.1 cm³/mol. The molecule has 0 saturated heterocycles. The van der Waals surface area contributed by atoms with Gasteiger partial charge in [0, 0.05) is 24.3 Å². The minimum Gasteiger partial charge on any atom is -0.494 e. The third-order valence-electron chi connectivity index (χ3n) is 3.69. The Labute approximate surface area is 138 Å². The standard InChI is InChI=1S/C17H22N2O3S/c1-5-19(6-2)23(20,21)15-10-8-14(9-11-15)17-16(22-4)12-7-13(3)18-17/h7-12H,5-6H2,1-4H3. The lowest BCUT2D eigenvalue weighted by atomic mass is 10.1. The Morgan fingerprint density at radius 1 is 1.04 bits per heavy atom. The highest BCUT2D eigenvalue weighted by molar-refractivity contribution is 7.89. The first-order valence-corrected chi connectivity index (χ1v) is 9.00. The van der Waals surface area contributed by atoms with Crippen molar-refractivity contribution in [2.75, 3.05) is 20.2 Å². The van der Waals surface area contributed by atoms with Crippen molar-refractivity contribution in [3.8, 4) is 17.0 Å². The molecule has 0 unspecified atom stereocenters. The molecule has 0 amide bonds. The number of pyridine rings is 1. The Bertz CT molecular complexity index is 767. The highest BCUT2D eigenvalue weighted by Crippen LogP contribution is 2.29. The van der Waals surface area contributed by atoms with E-state index in [1.807, 2.05) is 32.9 Å². The van der Waals surface area contributed by atoms with E-state index in [-0.39, 0.29) is 4.90 Å². The van der Waals surface area contributed by atoms with E-state index >= 15 is 0 Å². The zero-order chi connectivity index (χ0) is 17.0. The molecule has 0 bridgehead atoms. The van der Waals surface area contributed by atoms with E-state index in [0.717, 1.165) is 11.3 Å². The van der Waals surface area contributed by atoms with Gasteiger partial charge in [-0.05, 0) is 31.2 Å². The second-order valence-corrected chi connectivity index (χ2v) is 7.06. The molecule has 5 nitrogen and oxygen atoms in total. The Balaban J connectivity index is 2.43. The third-order valence-corrected chi connectivity index (χ3v) is 5.75. The van der Waals surface area contributed by atoms with Crippen LogP contribution in [0, 0.1) is 6.92 Å². The Morgan fingerprint density at radius 2 is 1.65 bits per heavy atom. The summed E-state index contributed by atoms with van der Waals surface area (Å²) in [6.45, 7) is 6.47. The molecule has 0 aliphatic rings. The molecular weight excluding hydrogens is 312 g/mol. The Morgan fingerprint density at radius 3 is 2.17 bits per heavy atom. The second kappa shape index (κ2) is 7.10. The molecular formula is C17H22N2O3S. The van der Waals surface area contributed by atoms with Crippen LogP contribution in [0.3, 0.4) is 0 Å². The van der Waals surface area contributed by atoms with Crippen molar-refractivity contribution in [1.29, 1.82) is 0 Å². The van der Waals surface area contributed by atoms with Crippen LogP contribution >= 0.6 is 0 Å². The molecule has 1 aromatic carbocycles. The molecule has 0 saturated carbocycles. The van der Waals surface area contributed by atoms with E-state index in [9.17, 15) is 8.42 Å². The number of benzene rings is 1. The maximum Gasteiger partial charge on any atom is 0.243 e. The van der Waals surface area contributed by atoms with Gasteiger partial charge >= 0.3 is 0 Å². The number of sulfonamides is 1. The molecule has 0 fully saturated rings. The number of rotatable bonds is 6. The lowest BCUT2D eigenvalue weighted by Gasteiger charge is -2.18.